The molecular weight excluding hydrogens is 210 g/mol. The molecule has 0 spiro atoms. The standard InChI is InChI=1S/C11H21NO4/c1-5-9(14)8-12(6-7-13)10(15)16-11(2,3)4/h13H,5-8H2,1-4H3. The predicted octanol–water partition coefficient (Wildman–Crippen LogP) is 1.19. The van der Waals surface area contributed by atoms with E-state index >= 15 is 0 Å². The number of ketones is 1. The molecule has 5 nitrogen and oxygen atoms in total. The molecule has 1 amide bonds. The minimum absolute atomic E-state index is 0.00796. The number of amides is 1. The summed E-state index contributed by atoms with van der Waals surface area (Å²) in [7, 11) is 0. The van der Waals surface area contributed by atoms with Gasteiger partial charge in [-0.3, -0.25) is 9.69 Å². The summed E-state index contributed by atoms with van der Waals surface area (Å²) in [6, 6.07) is 0. The Bertz CT molecular complexity index is 245. The highest BCUT2D eigenvalue weighted by Crippen LogP contribution is 2.09. The number of ether oxygens (including phenoxy) is 1. The van der Waals surface area contributed by atoms with Crippen LogP contribution in [-0.2, 0) is 9.53 Å². The summed E-state index contributed by atoms with van der Waals surface area (Å²) in [6.45, 7) is 6.91. The van der Waals surface area contributed by atoms with Crippen LogP contribution in [0.5, 0.6) is 0 Å². The maximum Gasteiger partial charge on any atom is 0.410 e. The highest BCUT2D eigenvalue weighted by atomic mass is 16.6. The molecule has 0 aliphatic carbocycles. The Morgan fingerprint density at radius 3 is 2.25 bits per heavy atom. The number of aliphatic hydroxyl groups is 1. The van der Waals surface area contributed by atoms with Crippen molar-refractivity contribution in [1.29, 1.82) is 0 Å². The van der Waals surface area contributed by atoms with Crippen LogP contribution in [0.1, 0.15) is 34.1 Å². The summed E-state index contributed by atoms with van der Waals surface area (Å²) in [5.74, 6) is -0.0562. The van der Waals surface area contributed by atoms with Crippen LogP contribution in [0.3, 0.4) is 0 Å². The van der Waals surface area contributed by atoms with E-state index in [9.17, 15) is 9.59 Å². The number of aliphatic hydroxyl groups excluding tert-OH is 1. The number of carbonyl (C=O) groups excluding carboxylic acids is 2. The molecule has 5 heteroatoms. The Morgan fingerprint density at radius 1 is 1.31 bits per heavy atom. The first-order valence-corrected chi connectivity index (χ1v) is 5.40. The SMILES string of the molecule is CCC(=O)CN(CCO)C(=O)OC(C)(C)C. The number of Topliss-reactive ketones (excluding diaryl/α,β-unsaturated/α-hetero) is 1. The molecule has 0 aromatic rings. The van der Waals surface area contributed by atoms with Crippen LogP contribution >= 0.6 is 0 Å². The van der Waals surface area contributed by atoms with E-state index in [2.05, 4.69) is 0 Å². The van der Waals surface area contributed by atoms with Gasteiger partial charge in [0.25, 0.3) is 0 Å². The summed E-state index contributed by atoms with van der Waals surface area (Å²) >= 11 is 0. The molecule has 0 aliphatic rings. The Labute approximate surface area is 96.4 Å². The first-order valence-electron chi connectivity index (χ1n) is 5.40. The van der Waals surface area contributed by atoms with E-state index in [1.807, 2.05) is 0 Å². The lowest BCUT2D eigenvalue weighted by Crippen LogP contribution is -2.41. The topological polar surface area (TPSA) is 66.8 Å². The summed E-state index contributed by atoms with van der Waals surface area (Å²) < 4.78 is 5.12. The van der Waals surface area contributed by atoms with Gasteiger partial charge in [0.1, 0.15) is 5.60 Å². The Balaban J connectivity index is 4.40. The van der Waals surface area contributed by atoms with E-state index in [1.54, 1.807) is 27.7 Å². The second kappa shape index (κ2) is 6.48. The molecule has 0 aromatic heterocycles. The summed E-state index contributed by atoms with van der Waals surface area (Å²) in [4.78, 5) is 24.1. The van der Waals surface area contributed by atoms with Gasteiger partial charge in [-0.1, -0.05) is 6.92 Å². The molecule has 0 aromatic carbocycles. The zero-order valence-electron chi connectivity index (χ0n) is 10.4. The van der Waals surface area contributed by atoms with Crippen molar-refractivity contribution in [2.45, 2.75) is 39.7 Å². The third-order valence-electron chi connectivity index (χ3n) is 1.78. The summed E-state index contributed by atoms with van der Waals surface area (Å²) in [5.41, 5.74) is -0.597. The van der Waals surface area contributed by atoms with Crippen LogP contribution in [0, 0.1) is 0 Å². The smallest absolute Gasteiger partial charge is 0.410 e. The first-order chi connectivity index (χ1) is 7.30. The third kappa shape index (κ3) is 6.40. The van der Waals surface area contributed by atoms with Gasteiger partial charge in [-0.2, -0.15) is 0 Å². The molecule has 0 aliphatic heterocycles. The van der Waals surface area contributed by atoms with Crippen molar-refractivity contribution in [3.63, 3.8) is 0 Å². The van der Waals surface area contributed by atoms with Gasteiger partial charge in [0.15, 0.2) is 5.78 Å². The van der Waals surface area contributed by atoms with E-state index in [-0.39, 0.29) is 25.5 Å². The lowest BCUT2D eigenvalue weighted by atomic mass is 10.2. The van der Waals surface area contributed by atoms with Crippen LogP contribution in [0.2, 0.25) is 0 Å². The molecule has 16 heavy (non-hydrogen) atoms. The number of hydrogen-bond acceptors (Lipinski definition) is 4. The third-order valence-corrected chi connectivity index (χ3v) is 1.78. The molecule has 0 rings (SSSR count). The molecule has 1 N–H and O–H groups in total. The van der Waals surface area contributed by atoms with Gasteiger partial charge in [-0.05, 0) is 20.8 Å². The zero-order valence-corrected chi connectivity index (χ0v) is 10.4. The quantitative estimate of drug-likeness (QED) is 0.772. The number of rotatable bonds is 5. The van der Waals surface area contributed by atoms with Gasteiger partial charge in [0.05, 0.1) is 13.2 Å². The van der Waals surface area contributed by atoms with Crippen molar-refractivity contribution >= 4 is 11.9 Å². The molecule has 0 atom stereocenters. The van der Waals surface area contributed by atoms with E-state index in [4.69, 9.17) is 9.84 Å². The maximum atomic E-state index is 11.6. The van der Waals surface area contributed by atoms with Crippen molar-refractivity contribution in [1.82, 2.24) is 4.90 Å². The van der Waals surface area contributed by atoms with Crippen LogP contribution in [0.15, 0.2) is 0 Å². The van der Waals surface area contributed by atoms with Crippen molar-refractivity contribution in [2.24, 2.45) is 0 Å². The highest BCUT2D eigenvalue weighted by molar-refractivity contribution is 5.83. The minimum Gasteiger partial charge on any atom is -0.444 e. The zero-order chi connectivity index (χ0) is 12.8. The van der Waals surface area contributed by atoms with Crippen LogP contribution in [0.25, 0.3) is 0 Å². The van der Waals surface area contributed by atoms with Gasteiger partial charge in [0.2, 0.25) is 0 Å². The molecule has 0 saturated carbocycles. The molecule has 0 fully saturated rings. The highest BCUT2D eigenvalue weighted by Gasteiger charge is 2.22. The van der Waals surface area contributed by atoms with E-state index < -0.39 is 11.7 Å². The van der Waals surface area contributed by atoms with Gasteiger partial charge in [-0.15, -0.1) is 0 Å². The average Bonchev–Trinajstić information content (AvgIpc) is 2.14. The molecule has 0 unspecified atom stereocenters. The Hall–Kier alpha value is -1.10. The van der Waals surface area contributed by atoms with Crippen LogP contribution in [-0.4, -0.2) is 47.2 Å². The normalized spacial score (nSPS) is 11.1. The Kier molecular flexibility index (Phi) is 6.03. The lowest BCUT2D eigenvalue weighted by molar-refractivity contribution is -0.120. The average molecular weight is 231 g/mol. The van der Waals surface area contributed by atoms with E-state index in [1.165, 1.54) is 4.90 Å². The fourth-order valence-corrected chi connectivity index (χ4v) is 1.01. The summed E-state index contributed by atoms with van der Waals surface area (Å²) in [6.07, 6.45) is -0.201. The van der Waals surface area contributed by atoms with E-state index in [0.29, 0.717) is 6.42 Å². The van der Waals surface area contributed by atoms with Crippen molar-refractivity contribution in [2.75, 3.05) is 19.7 Å². The second-order valence-electron chi connectivity index (χ2n) is 4.52. The summed E-state index contributed by atoms with van der Waals surface area (Å²) in [5, 5.41) is 8.81. The maximum absolute atomic E-state index is 11.6. The molecule has 0 heterocycles. The molecule has 0 saturated heterocycles. The lowest BCUT2D eigenvalue weighted by Gasteiger charge is -2.26. The largest absolute Gasteiger partial charge is 0.444 e. The van der Waals surface area contributed by atoms with Crippen LogP contribution < -0.4 is 0 Å². The monoisotopic (exact) mass is 231 g/mol. The number of nitrogens with zero attached hydrogens (tertiary/aromatic N) is 1. The minimum atomic E-state index is -0.597. The molecular formula is C11H21NO4. The molecule has 0 radical (unpaired) electrons. The van der Waals surface area contributed by atoms with E-state index in [0.717, 1.165) is 0 Å². The van der Waals surface area contributed by atoms with Gasteiger partial charge >= 0.3 is 6.09 Å². The van der Waals surface area contributed by atoms with Gasteiger partial charge in [-0.25, -0.2) is 4.79 Å². The predicted molar refractivity (Wildman–Crippen MR) is 60.2 cm³/mol. The van der Waals surface area contributed by atoms with Crippen molar-refractivity contribution in [3.8, 4) is 0 Å². The fourth-order valence-electron chi connectivity index (χ4n) is 1.01. The number of carbonyl (C=O) groups is 2. The van der Waals surface area contributed by atoms with Crippen molar-refractivity contribution in [3.05, 3.63) is 0 Å². The second-order valence-corrected chi connectivity index (χ2v) is 4.52. The number of hydrogen-bond donors (Lipinski definition) is 1. The molecule has 0 bridgehead atoms. The fraction of sp³-hybridized carbons (Fsp3) is 0.818. The van der Waals surface area contributed by atoms with Gasteiger partial charge in [0, 0.05) is 13.0 Å². The van der Waals surface area contributed by atoms with Gasteiger partial charge < -0.3 is 9.84 Å². The molecule has 94 valence electrons. The first kappa shape index (κ1) is 14.9. The van der Waals surface area contributed by atoms with Crippen LogP contribution in [0.4, 0.5) is 4.79 Å². The van der Waals surface area contributed by atoms with Crippen molar-refractivity contribution < 1.29 is 19.4 Å². The Morgan fingerprint density at radius 2 is 1.88 bits per heavy atom.